The van der Waals surface area contributed by atoms with Crippen LogP contribution >= 0.6 is 0 Å². The van der Waals surface area contributed by atoms with Gasteiger partial charge in [-0.2, -0.15) is 0 Å². The summed E-state index contributed by atoms with van der Waals surface area (Å²) in [4.78, 5) is 4.56. The Morgan fingerprint density at radius 1 is 1.53 bits per heavy atom. The summed E-state index contributed by atoms with van der Waals surface area (Å²) in [5.41, 5.74) is 2.08. The van der Waals surface area contributed by atoms with Crippen molar-refractivity contribution in [2.75, 3.05) is 6.61 Å². The van der Waals surface area contributed by atoms with Gasteiger partial charge in [0.15, 0.2) is 0 Å². The van der Waals surface area contributed by atoms with Gasteiger partial charge in [-0.05, 0) is 25.5 Å². The van der Waals surface area contributed by atoms with Gasteiger partial charge < -0.3 is 14.5 Å². The molecule has 90 valence electrons. The van der Waals surface area contributed by atoms with Crippen LogP contribution in [0, 0.1) is 0 Å². The van der Waals surface area contributed by atoms with Crippen molar-refractivity contribution in [1.29, 1.82) is 0 Å². The SMILES string of the molecule is CC1OCCC1NCc1cn2ccccc2n1. The maximum absolute atomic E-state index is 5.52. The van der Waals surface area contributed by atoms with Crippen molar-refractivity contribution < 1.29 is 4.74 Å². The van der Waals surface area contributed by atoms with Crippen molar-refractivity contribution in [3.05, 3.63) is 36.3 Å². The summed E-state index contributed by atoms with van der Waals surface area (Å²) in [6, 6.07) is 6.50. The highest BCUT2D eigenvalue weighted by atomic mass is 16.5. The fourth-order valence-corrected chi connectivity index (χ4v) is 2.31. The molecule has 1 aliphatic rings. The molecule has 2 aromatic heterocycles. The van der Waals surface area contributed by atoms with E-state index in [1.165, 1.54) is 0 Å². The minimum atomic E-state index is 0.312. The van der Waals surface area contributed by atoms with E-state index < -0.39 is 0 Å². The van der Waals surface area contributed by atoms with Crippen LogP contribution in [0.3, 0.4) is 0 Å². The fraction of sp³-hybridized carbons (Fsp3) is 0.462. The molecule has 1 saturated heterocycles. The zero-order valence-corrected chi connectivity index (χ0v) is 9.97. The smallest absolute Gasteiger partial charge is 0.137 e. The van der Waals surface area contributed by atoms with Crippen LogP contribution in [0.4, 0.5) is 0 Å². The van der Waals surface area contributed by atoms with Gasteiger partial charge >= 0.3 is 0 Å². The van der Waals surface area contributed by atoms with Crippen LogP contribution in [0.5, 0.6) is 0 Å². The van der Waals surface area contributed by atoms with Gasteiger partial charge in [-0.25, -0.2) is 4.98 Å². The number of aromatic nitrogens is 2. The molecular formula is C13H17N3O. The number of rotatable bonds is 3. The van der Waals surface area contributed by atoms with Crippen LogP contribution in [0.15, 0.2) is 30.6 Å². The second-order valence-electron chi connectivity index (χ2n) is 4.55. The van der Waals surface area contributed by atoms with Crippen LogP contribution in [0.25, 0.3) is 5.65 Å². The number of hydrogen-bond donors (Lipinski definition) is 1. The fourth-order valence-electron chi connectivity index (χ4n) is 2.31. The average Bonchev–Trinajstić information content (AvgIpc) is 2.92. The monoisotopic (exact) mass is 231 g/mol. The zero-order valence-electron chi connectivity index (χ0n) is 9.97. The number of fused-ring (bicyclic) bond motifs is 1. The average molecular weight is 231 g/mol. The topological polar surface area (TPSA) is 38.6 Å². The lowest BCUT2D eigenvalue weighted by Crippen LogP contribution is -2.34. The van der Waals surface area contributed by atoms with Crippen LogP contribution in [-0.2, 0) is 11.3 Å². The Morgan fingerprint density at radius 2 is 2.47 bits per heavy atom. The molecule has 0 amide bonds. The Morgan fingerprint density at radius 3 is 3.24 bits per heavy atom. The lowest BCUT2D eigenvalue weighted by atomic mass is 10.1. The number of ether oxygens (including phenoxy) is 1. The predicted octanol–water partition coefficient (Wildman–Crippen LogP) is 1.60. The van der Waals surface area contributed by atoms with Gasteiger partial charge in [0.1, 0.15) is 5.65 Å². The largest absolute Gasteiger partial charge is 0.377 e. The van der Waals surface area contributed by atoms with Gasteiger partial charge in [0.05, 0.1) is 11.8 Å². The molecule has 1 aliphatic heterocycles. The molecule has 2 atom stereocenters. The molecule has 0 saturated carbocycles. The van der Waals surface area contributed by atoms with Gasteiger partial charge in [-0.1, -0.05) is 6.07 Å². The molecule has 3 rings (SSSR count). The second kappa shape index (κ2) is 4.47. The third kappa shape index (κ3) is 2.18. The highest BCUT2D eigenvalue weighted by molar-refractivity contribution is 5.39. The van der Waals surface area contributed by atoms with E-state index in [4.69, 9.17) is 4.74 Å². The predicted molar refractivity (Wildman–Crippen MR) is 65.9 cm³/mol. The first-order chi connectivity index (χ1) is 8.33. The molecule has 4 heteroatoms. The Labute approximate surface area is 101 Å². The van der Waals surface area contributed by atoms with Gasteiger partial charge in [-0.15, -0.1) is 0 Å². The maximum Gasteiger partial charge on any atom is 0.137 e. The standard InChI is InChI=1S/C13H17N3O/c1-10-12(5-7-17-10)14-8-11-9-16-6-3-2-4-13(16)15-11/h2-4,6,9-10,12,14H,5,7-8H2,1H3. The Bertz CT molecular complexity index is 475. The first-order valence-electron chi connectivity index (χ1n) is 6.10. The summed E-state index contributed by atoms with van der Waals surface area (Å²) >= 11 is 0. The third-order valence-electron chi connectivity index (χ3n) is 3.34. The van der Waals surface area contributed by atoms with Gasteiger partial charge in [0.25, 0.3) is 0 Å². The van der Waals surface area contributed by atoms with Crippen molar-refractivity contribution >= 4 is 5.65 Å². The zero-order chi connectivity index (χ0) is 11.7. The summed E-state index contributed by atoms with van der Waals surface area (Å²) < 4.78 is 7.57. The summed E-state index contributed by atoms with van der Waals surface area (Å²) in [7, 11) is 0. The lowest BCUT2D eigenvalue weighted by Gasteiger charge is -2.14. The van der Waals surface area contributed by atoms with Crippen LogP contribution in [0.2, 0.25) is 0 Å². The molecule has 1 N–H and O–H groups in total. The van der Waals surface area contributed by atoms with E-state index >= 15 is 0 Å². The lowest BCUT2D eigenvalue weighted by molar-refractivity contribution is 0.113. The van der Waals surface area contributed by atoms with Crippen LogP contribution in [-0.4, -0.2) is 28.1 Å². The molecule has 4 nitrogen and oxygen atoms in total. The Hall–Kier alpha value is -1.39. The van der Waals surface area contributed by atoms with Crippen LogP contribution < -0.4 is 5.32 Å². The molecule has 17 heavy (non-hydrogen) atoms. The Kier molecular flexibility index (Phi) is 2.82. The highest BCUT2D eigenvalue weighted by Gasteiger charge is 2.23. The van der Waals surface area contributed by atoms with E-state index in [0.717, 1.165) is 30.9 Å². The summed E-state index contributed by atoms with van der Waals surface area (Å²) in [5, 5.41) is 3.51. The van der Waals surface area contributed by atoms with Crippen molar-refractivity contribution in [1.82, 2.24) is 14.7 Å². The molecule has 2 aromatic rings. The molecule has 2 unspecified atom stereocenters. The number of hydrogen-bond acceptors (Lipinski definition) is 3. The molecule has 0 radical (unpaired) electrons. The van der Waals surface area contributed by atoms with E-state index in [-0.39, 0.29) is 0 Å². The minimum Gasteiger partial charge on any atom is -0.377 e. The number of nitrogens with one attached hydrogen (secondary N) is 1. The number of pyridine rings is 1. The number of nitrogens with zero attached hydrogens (tertiary/aromatic N) is 2. The van der Waals surface area contributed by atoms with Crippen molar-refractivity contribution in [3.63, 3.8) is 0 Å². The molecule has 1 fully saturated rings. The van der Waals surface area contributed by atoms with Gasteiger partial charge in [-0.3, -0.25) is 0 Å². The number of imidazole rings is 1. The van der Waals surface area contributed by atoms with Crippen LogP contribution in [0.1, 0.15) is 19.0 Å². The second-order valence-corrected chi connectivity index (χ2v) is 4.55. The van der Waals surface area contributed by atoms with E-state index in [0.29, 0.717) is 12.1 Å². The summed E-state index contributed by atoms with van der Waals surface area (Å²) in [6.45, 7) is 3.79. The molecule has 0 bridgehead atoms. The molecule has 0 aromatic carbocycles. The quantitative estimate of drug-likeness (QED) is 0.872. The van der Waals surface area contributed by atoms with Gasteiger partial charge in [0.2, 0.25) is 0 Å². The van der Waals surface area contributed by atoms with E-state index in [1.807, 2.05) is 28.8 Å². The summed E-state index contributed by atoms with van der Waals surface area (Å²) in [6.07, 6.45) is 5.50. The molecule has 0 aliphatic carbocycles. The molecule has 0 spiro atoms. The first-order valence-corrected chi connectivity index (χ1v) is 6.10. The summed E-state index contributed by atoms with van der Waals surface area (Å²) in [5.74, 6) is 0. The van der Waals surface area contributed by atoms with Crippen molar-refractivity contribution in [2.45, 2.75) is 32.0 Å². The van der Waals surface area contributed by atoms with Gasteiger partial charge in [0, 0.05) is 31.6 Å². The van der Waals surface area contributed by atoms with E-state index in [2.05, 4.69) is 23.4 Å². The third-order valence-corrected chi connectivity index (χ3v) is 3.34. The van der Waals surface area contributed by atoms with E-state index in [9.17, 15) is 0 Å². The Balaban J connectivity index is 1.68. The molecule has 3 heterocycles. The van der Waals surface area contributed by atoms with Crippen molar-refractivity contribution in [3.8, 4) is 0 Å². The van der Waals surface area contributed by atoms with E-state index in [1.54, 1.807) is 0 Å². The normalized spacial score (nSPS) is 24.5. The maximum atomic E-state index is 5.52. The molecular weight excluding hydrogens is 214 g/mol. The first kappa shape index (κ1) is 10.7. The minimum absolute atomic E-state index is 0.312. The highest BCUT2D eigenvalue weighted by Crippen LogP contribution is 2.13. The van der Waals surface area contributed by atoms with Crippen molar-refractivity contribution in [2.24, 2.45) is 0 Å².